The number of rotatable bonds is 5. The molecule has 0 spiro atoms. The summed E-state index contributed by atoms with van der Waals surface area (Å²) >= 11 is 3.49. The van der Waals surface area contributed by atoms with Crippen LogP contribution in [0.5, 0.6) is 5.75 Å². The largest absolute Gasteiger partial charge is 0.495 e. The number of aliphatic hydroxyl groups is 1. The minimum atomic E-state index is -0.168. The minimum absolute atomic E-state index is 0.0130. The Labute approximate surface area is 127 Å². The van der Waals surface area contributed by atoms with Crippen LogP contribution in [0, 0.1) is 6.92 Å². The highest BCUT2D eigenvalue weighted by Crippen LogP contribution is 2.29. The molecular formula is C16H18BrNO2. The van der Waals surface area contributed by atoms with Crippen molar-refractivity contribution in [1.29, 1.82) is 0 Å². The molecule has 2 N–H and O–H groups in total. The Morgan fingerprint density at radius 3 is 2.65 bits per heavy atom. The Morgan fingerprint density at radius 1 is 1.25 bits per heavy atom. The maximum absolute atomic E-state index is 9.65. The molecule has 3 nitrogen and oxygen atoms in total. The molecule has 0 aromatic heterocycles. The lowest BCUT2D eigenvalue weighted by molar-refractivity contribution is 0.276. The Morgan fingerprint density at radius 2 is 2.00 bits per heavy atom. The highest BCUT2D eigenvalue weighted by Gasteiger charge is 2.13. The van der Waals surface area contributed by atoms with Gasteiger partial charge in [0.05, 0.1) is 25.4 Å². The second-order valence-corrected chi connectivity index (χ2v) is 5.44. The van der Waals surface area contributed by atoms with Gasteiger partial charge in [-0.1, -0.05) is 40.2 Å². The van der Waals surface area contributed by atoms with Gasteiger partial charge in [0.15, 0.2) is 0 Å². The molecule has 4 heteroatoms. The fourth-order valence-electron chi connectivity index (χ4n) is 2.07. The number of aliphatic hydroxyl groups excluding tert-OH is 1. The molecular weight excluding hydrogens is 318 g/mol. The molecule has 0 saturated heterocycles. The summed E-state index contributed by atoms with van der Waals surface area (Å²) in [5.41, 5.74) is 3.05. The Hall–Kier alpha value is -1.52. The number of halogens is 1. The fraction of sp³-hybridized carbons (Fsp3) is 0.250. The molecule has 0 saturated carbocycles. The monoisotopic (exact) mass is 335 g/mol. The summed E-state index contributed by atoms with van der Waals surface area (Å²) < 4.78 is 6.38. The number of hydrogen-bond donors (Lipinski definition) is 2. The highest BCUT2D eigenvalue weighted by molar-refractivity contribution is 9.10. The Kier molecular flexibility index (Phi) is 5.04. The topological polar surface area (TPSA) is 41.5 Å². The zero-order valence-electron chi connectivity index (χ0n) is 11.6. The normalized spacial score (nSPS) is 12.0. The van der Waals surface area contributed by atoms with Crippen molar-refractivity contribution in [3.8, 4) is 5.75 Å². The van der Waals surface area contributed by atoms with Gasteiger partial charge in [0.25, 0.3) is 0 Å². The van der Waals surface area contributed by atoms with E-state index in [2.05, 4.69) is 27.3 Å². The third kappa shape index (κ3) is 3.32. The van der Waals surface area contributed by atoms with E-state index in [1.54, 1.807) is 7.11 Å². The molecule has 20 heavy (non-hydrogen) atoms. The number of anilines is 1. The molecule has 2 rings (SSSR count). The molecule has 0 fully saturated rings. The van der Waals surface area contributed by atoms with Crippen LogP contribution < -0.4 is 10.1 Å². The zero-order chi connectivity index (χ0) is 14.5. The van der Waals surface area contributed by atoms with Crippen LogP contribution in [0.1, 0.15) is 17.2 Å². The molecule has 0 radical (unpaired) electrons. The van der Waals surface area contributed by atoms with Crippen molar-refractivity contribution in [1.82, 2.24) is 0 Å². The van der Waals surface area contributed by atoms with Crippen molar-refractivity contribution in [2.45, 2.75) is 13.0 Å². The van der Waals surface area contributed by atoms with Crippen molar-refractivity contribution < 1.29 is 9.84 Å². The molecule has 0 amide bonds. The highest BCUT2D eigenvalue weighted by atomic mass is 79.9. The van der Waals surface area contributed by atoms with Gasteiger partial charge in [-0.25, -0.2) is 0 Å². The smallest absolute Gasteiger partial charge is 0.141 e. The summed E-state index contributed by atoms with van der Waals surface area (Å²) in [6.45, 7) is 2.05. The number of benzene rings is 2. The molecule has 0 bridgehead atoms. The number of aryl methyl sites for hydroxylation is 1. The van der Waals surface area contributed by atoms with Gasteiger partial charge >= 0.3 is 0 Å². The van der Waals surface area contributed by atoms with Crippen LogP contribution in [0.25, 0.3) is 0 Å². The summed E-state index contributed by atoms with van der Waals surface area (Å²) in [5.74, 6) is 0.764. The van der Waals surface area contributed by atoms with Gasteiger partial charge in [-0.3, -0.25) is 0 Å². The predicted molar refractivity (Wildman–Crippen MR) is 85.3 cm³/mol. The molecule has 2 aromatic carbocycles. The van der Waals surface area contributed by atoms with E-state index in [-0.39, 0.29) is 12.6 Å². The van der Waals surface area contributed by atoms with Gasteiger partial charge in [0, 0.05) is 4.47 Å². The lowest BCUT2D eigenvalue weighted by atomic mass is 10.0. The van der Waals surface area contributed by atoms with Crippen LogP contribution >= 0.6 is 15.9 Å². The first kappa shape index (κ1) is 14.9. The lowest BCUT2D eigenvalue weighted by Gasteiger charge is -2.20. The van der Waals surface area contributed by atoms with Crippen molar-refractivity contribution >= 4 is 21.6 Å². The van der Waals surface area contributed by atoms with E-state index in [0.29, 0.717) is 0 Å². The summed E-state index contributed by atoms with van der Waals surface area (Å²) in [6.07, 6.45) is 0. The molecule has 1 atom stereocenters. The summed E-state index contributed by atoms with van der Waals surface area (Å²) in [4.78, 5) is 0. The standard InChI is InChI=1S/C16H18BrNO2/c1-11-9-12(7-8-13(11)17)15(10-19)18-14-5-3-4-6-16(14)20-2/h3-9,15,18-19H,10H2,1-2H3. The SMILES string of the molecule is COc1ccccc1NC(CO)c1ccc(Br)c(C)c1. The van der Waals surface area contributed by atoms with Crippen LogP contribution in [-0.2, 0) is 0 Å². The maximum Gasteiger partial charge on any atom is 0.141 e. The van der Waals surface area contributed by atoms with Gasteiger partial charge in [-0.05, 0) is 36.2 Å². The van der Waals surface area contributed by atoms with Crippen molar-refractivity contribution in [3.05, 3.63) is 58.1 Å². The van der Waals surface area contributed by atoms with Crippen LogP contribution in [-0.4, -0.2) is 18.8 Å². The summed E-state index contributed by atoms with van der Waals surface area (Å²) in [7, 11) is 1.64. The molecule has 0 aliphatic heterocycles. The summed E-state index contributed by atoms with van der Waals surface area (Å²) in [6, 6.07) is 13.6. The van der Waals surface area contributed by atoms with Crippen LogP contribution in [0.15, 0.2) is 46.9 Å². The first-order valence-corrected chi connectivity index (χ1v) is 7.21. The number of nitrogens with one attached hydrogen (secondary N) is 1. The number of ether oxygens (including phenoxy) is 1. The predicted octanol–water partition coefficient (Wildman–Crippen LogP) is 3.91. The Bertz CT molecular complexity index is 586. The van der Waals surface area contributed by atoms with Crippen LogP contribution in [0.4, 0.5) is 5.69 Å². The van der Waals surface area contributed by atoms with Gasteiger partial charge < -0.3 is 15.2 Å². The number of methoxy groups -OCH3 is 1. The van der Waals surface area contributed by atoms with Crippen molar-refractivity contribution in [2.75, 3.05) is 19.0 Å². The van der Waals surface area contributed by atoms with Gasteiger partial charge in [-0.2, -0.15) is 0 Å². The molecule has 1 unspecified atom stereocenters. The fourth-order valence-corrected chi connectivity index (χ4v) is 2.32. The first-order valence-electron chi connectivity index (χ1n) is 6.42. The zero-order valence-corrected chi connectivity index (χ0v) is 13.1. The third-order valence-corrected chi connectivity index (χ3v) is 4.09. The van der Waals surface area contributed by atoms with Crippen LogP contribution in [0.2, 0.25) is 0 Å². The van der Waals surface area contributed by atoms with Crippen LogP contribution in [0.3, 0.4) is 0 Å². The van der Waals surface area contributed by atoms with Gasteiger partial charge in [0.2, 0.25) is 0 Å². The van der Waals surface area contributed by atoms with E-state index >= 15 is 0 Å². The van der Waals surface area contributed by atoms with E-state index in [4.69, 9.17) is 4.74 Å². The van der Waals surface area contributed by atoms with Gasteiger partial charge in [0.1, 0.15) is 5.75 Å². The molecule has 0 aliphatic carbocycles. The number of hydrogen-bond acceptors (Lipinski definition) is 3. The molecule has 2 aromatic rings. The maximum atomic E-state index is 9.65. The second kappa shape index (κ2) is 6.77. The van der Waals surface area contributed by atoms with Crippen molar-refractivity contribution in [3.63, 3.8) is 0 Å². The third-order valence-electron chi connectivity index (χ3n) is 3.20. The number of para-hydroxylation sites is 2. The molecule has 0 heterocycles. The van der Waals surface area contributed by atoms with E-state index in [9.17, 15) is 5.11 Å². The molecule has 106 valence electrons. The molecule has 0 aliphatic rings. The van der Waals surface area contributed by atoms with Gasteiger partial charge in [-0.15, -0.1) is 0 Å². The van der Waals surface area contributed by atoms with Crippen molar-refractivity contribution in [2.24, 2.45) is 0 Å². The minimum Gasteiger partial charge on any atom is -0.495 e. The summed E-state index contributed by atoms with van der Waals surface area (Å²) in [5, 5.41) is 13.0. The lowest BCUT2D eigenvalue weighted by Crippen LogP contribution is -2.15. The van der Waals surface area contributed by atoms with E-state index in [0.717, 1.165) is 27.0 Å². The van der Waals surface area contributed by atoms with E-state index in [1.165, 1.54) is 0 Å². The average molecular weight is 336 g/mol. The average Bonchev–Trinajstić information content (AvgIpc) is 2.48. The second-order valence-electron chi connectivity index (χ2n) is 4.59. The van der Waals surface area contributed by atoms with E-state index < -0.39 is 0 Å². The van der Waals surface area contributed by atoms with E-state index in [1.807, 2.05) is 43.3 Å². The Balaban J connectivity index is 2.26. The quantitative estimate of drug-likeness (QED) is 0.870. The first-order chi connectivity index (χ1) is 9.65.